The number of alkyl halides is 1. The Hall–Kier alpha value is -1.86. The Morgan fingerprint density at radius 2 is 2.30 bits per heavy atom. The molecule has 0 aromatic carbocycles. The maximum absolute atomic E-state index is 14.2. The van der Waals surface area contributed by atoms with Gasteiger partial charge in [0.05, 0.1) is 24.9 Å². The van der Waals surface area contributed by atoms with E-state index < -0.39 is 18.1 Å². The highest BCUT2D eigenvalue weighted by atomic mass is 19.1. The summed E-state index contributed by atoms with van der Waals surface area (Å²) in [4.78, 5) is 9.95. The van der Waals surface area contributed by atoms with Crippen molar-refractivity contribution in [2.45, 2.75) is 18.7 Å². The predicted octanol–water partition coefficient (Wildman–Crippen LogP) is 2.06. The number of piperidine rings is 1. The predicted molar refractivity (Wildman–Crippen MR) is 81.3 cm³/mol. The summed E-state index contributed by atoms with van der Waals surface area (Å²) < 4.78 is 32.7. The Morgan fingerprint density at radius 3 is 3.04 bits per heavy atom. The highest BCUT2D eigenvalue weighted by Gasteiger charge is 2.25. The Bertz CT molecular complexity index is 698. The quantitative estimate of drug-likeness (QED) is 0.934. The van der Waals surface area contributed by atoms with E-state index in [9.17, 15) is 13.9 Å². The maximum Gasteiger partial charge on any atom is 0.213 e. The largest absolute Gasteiger partial charge is 0.481 e. The fourth-order valence-corrected chi connectivity index (χ4v) is 2.83. The first kappa shape index (κ1) is 16.0. The molecule has 0 amide bonds. The van der Waals surface area contributed by atoms with Gasteiger partial charge < -0.3 is 9.84 Å². The summed E-state index contributed by atoms with van der Waals surface area (Å²) in [5.41, 5.74) is 0.799. The van der Waals surface area contributed by atoms with Crippen LogP contribution >= 0.6 is 0 Å². The lowest BCUT2D eigenvalue weighted by Crippen LogP contribution is -2.39. The molecule has 2 aromatic rings. The number of hydrogen-bond acceptors (Lipinski definition) is 5. The molecule has 2 aromatic heterocycles. The van der Waals surface area contributed by atoms with Crippen LogP contribution in [0.3, 0.4) is 0 Å². The molecule has 23 heavy (non-hydrogen) atoms. The number of methoxy groups -OCH3 is 1. The molecule has 0 bridgehead atoms. The smallest absolute Gasteiger partial charge is 0.213 e. The summed E-state index contributed by atoms with van der Waals surface area (Å²) in [6.45, 7) is 0.987. The van der Waals surface area contributed by atoms with Gasteiger partial charge in [0, 0.05) is 24.7 Å². The van der Waals surface area contributed by atoms with E-state index >= 15 is 0 Å². The standard InChI is InChI=1S/C16H18F2N3O2/c1-23-14-5-4-12-16(20-14)15(11(18)7-19-12)13(22)9-21-6-2-3-10(17)8-21/h3-5,7,10,13,22H,2,6,8-9H2,1H3. The number of ether oxygens (including phenoxy) is 1. The van der Waals surface area contributed by atoms with Crippen molar-refractivity contribution in [3.63, 3.8) is 0 Å². The van der Waals surface area contributed by atoms with Gasteiger partial charge in [-0.15, -0.1) is 0 Å². The molecule has 3 heterocycles. The molecule has 1 radical (unpaired) electrons. The Labute approximate surface area is 132 Å². The molecule has 1 N–H and O–H groups in total. The molecule has 123 valence electrons. The molecule has 0 aliphatic carbocycles. The summed E-state index contributed by atoms with van der Waals surface area (Å²) in [5, 5.41) is 10.5. The molecule has 0 saturated carbocycles. The third kappa shape index (κ3) is 3.40. The molecule has 0 spiro atoms. The Morgan fingerprint density at radius 1 is 1.48 bits per heavy atom. The number of aromatic nitrogens is 2. The molecule has 3 rings (SSSR count). The van der Waals surface area contributed by atoms with Crippen LogP contribution in [0.25, 0.3) is 11.0 Å². The fraction of sp³-hybridized carbons (Fsp3) is 0.438. The maximum atomic E-state index is 14.2. The topological polar surface area (TPSA) is 58.5 Å². The second-order valence-corrected chi connectivity index (χ2v) is 5.56. The van der Waals surface area contributed by atoms with Gasteiger partial charge in [-0.05, 0) is 25.5 Å². The lowest BCUT2D eigenvalue weighted by molar-refractivity contribution is 0.0867. The Kier molecular flexibility index (Phi) is 4.68. The van der Waals surface area contributed by atoms with Crippen LogP contribution < -0.4 is 4.74 Å². The minimum absolute atomic E-state index is 0.0684. The number of hydrogen-bond donors (Lipinski definition) is 1. The zero-order chi connectivity index (χ0) is 16.4. The Balaban J connectivity index is 1.92. The number of nitrogens with zero attached hydrogens (tertiary/aromatic N) is 3. The average Bonchev–Trinajstić information content (AvgIpc) is 2.54. The number of fused-ring (bicyclic) bond motifs is 1. The zero-order valence-electron chi connectivity index (χ0n) is 12.7. The first-order valence-electron chi connectivity index (χ1n) is 7.45. The minimum Gasteiger partial charge on any atom is -0.481 e. The van der Waals surface area contributed by atoms with E-state index in [2.05, 4.69) is 9.97 Å². The van der Waals surface area contributed by atoms with Crippen LogP contribution in [0.4, 0.5) is 8.78 Å². The van der Waals surface area contributed by atoms with Gasteiger partial charge in [0.2, 0.25) is 5.88 Å². The molecule has 1 aliphatic heterocycles. The molecule has 2 atom stereocenters. The van der Waals surface area contributed by atoms with Crippen molar-refractivity contribution in [1.82, 2.24) is 14.9 Å². The van der Waals surface area contributed by atoms with Crippen LogP contribution in [-0.2, 0) is 0 Å². The summed E-state index contributed by atoms with van der Waals surface area (Å²) in [7, 11) is 1.46. The summed E-state index contributed by atoms with van der Waals surface area (Å²) >= 11 is 0. The van der Waals surface area contributed by atoms with Crippen molar-refractivity contribution >= 4 is 11.0 Å². The molecule has 2 unspecified atom stereocenters. The van der Waals surface area contributed by atoms with Gasteiger partial charge in [-0.2, -0.15) is 0 Å². The number of rotatable bonds is 4. The van der Waals surface area contributed by atoms with Gasteiger partial charge in [-0.1, -0.05) is 0 Å². The SMILES string of the molecule is COc1ccc2ncc(F)c(C(O)CN3CC[CH]C(F)C3)c2n1. The van der Waals surface area contributed by atoms with Crippen molar-refractivity contribution in [3.8, 4) is 5.88 Å². The summed E-state index contributed by atoms with van der Waals surface area (Å²) in [5.74, 6) is -0.319. The van der Waals surface area contributed by atoms with E-state index in [4.69, 9.17) is 4.74 Å². The zero-order valence-corrected chi connectivity index (χ0v) is 12.7. The first-order chi connectivity index (χ1) is 11.1. The van der Waals surface area contributed by atoms with Crippen molar-refractivity contribution in [1.29, 1.82) is 0 Å². The van der Waals surface area contributed by atoms with E-state index in [-0.39, 0.29) is 24.2 Å². The van der Waals surface area contributed by atoms with E-state index in [0.29, 0.717) is 24.4 Å². The van der Waals surface area contributed by atoms with Crippen LogP contribution in [0.2, 0.25) is 0 Å². The third-order valence-electron chi connectivity index (χ3n) is 3.95. The van der Waals surface area contributed by atoms with Crippen molar-refractivity contribution < 1.29 is 18.6 Å². The van der Waals surface area contributed by atoms with Crippen LogP contribution in [0.5, 0.6) is 5.88 Å². The fourth-order valence-electron chi connectivity index (χ4n) is 2.83. The third-order valence-corrected chi connectivity index (χ3v) is 3.95. The molecule has 7 heteroatoms. The number of aliphatic hydroxyl groups excluding tert-OH is 1. The molecular weight excluding hydrogens is 304 g/mol. The number of aliphatic hydroxyl groups is 1. The van der Waals surface area contributed by atoms with E-state index in [0.717, 1.165) is 6.20 Å². The molecular formula is C16H18F2N3O2. The van der Waals surface area contributed by atoms with E-state index in [1.807, 2.05) is 0 Å². The highest BCUT2D eigenvalue weighted by Crippen LogP contribution is 2.27. The summed E-state index contributed by atoms with van der Waals surface area (Å²) in [6, 6.07) is 3.28. The van der Waals surface area contributed by atoms with Gasteiger partial charge in [0.25, 0.3) is 0 Å². The number of likely N-dealkylation sites (tertiary alicyclic amines) is 1. The van der Waals surface area contributed by atoms with Gasteiger partial charge in [0.1, 0.15) is 17.5 Å². The average molecular weight is 322 g/mol. The van der Waals surface area contributed by atoms with Crippen LogP contribution in [0.1, 0.15) is 18.1 Å². The lowest BCUT2D eigenvalue weighted by atomic mass is 10.0. The number of β-amino-alcohol motifs (C(OH)–C–C–N with tert-alkyl or cyclic N) is 1. The number of pyridine rings is 2. The molecule has 1 fully saturated rings. The molecule has 1 saturated heterocycles. The molecule has 5 nitrogen and oxygen atoms in total. The highest BCUT2D eigenvalue weighted by molar-refractivity contribution is 5.78. The van der Waals surface area contributed by atoms with Crippen molar-refractivity contribution in [3.05, 3.63) is 36.1 Å². The first-order valence-corrected chi connectivity index (χ1v) is 7.45. The minimum atomic E-state index is -1.12. The van der Waals surface area contributed by atoms with E-state index in [1.54, 1.807) is 23.5 Å². The number of halogens is 2. The monoisotopic (exact) mass is 322 g/mol. The van der Waals surface area contributed by atoms with Gasteiger partial charge in [-0.25, -0.2) is 13.8 Å². The second-order valence-electron chi connectivity index (χ2n) is 5.56. The van der Waals surface area contributed by atoms with Gasteiger partial charge in [-0.3, -0.25) is 9.88 Å². The lowest BCUT2D eigenvalue weighted by Gasteiger charge is -2.30. The summed E-state index contributed by atoms with van der Waals surface area (Å²) in [6.07, 6.45) is 1.15. The van der Waals surface area contributed by atoms with E-state index in [1.165, 1.54) is 7.11 Å². The van der Waals surface area contributed by atoms with Gasteiger partial charge in [0.15, 0.2) is 0 Å². The van der Waals surface area contributed by atoms with Crippen molar-refractivity contribution in [2.75, 3.05) is 26.7 Å². The van der Waals surface area contributed by atoms with Crippen LogP contribution in [-0.4, -0.2) is 52.9 Å². The van der Waals surface area contributed by atoms with Crippen molar-refractivity contribution in [2.24, 2.45) is 0 Å². The second kappa shape index (κ2) is 6.72. The normalized spacial score (nSPS) is 20.6. The van der Waals surface area contributed by atoms with Gasteiger partial charge >= 0.3 is 0 Å². The van der Waals surface area contributed by atoms with Crippen LogP contribution in [0, 0.1) is 12.2 Å². The van der Waals surface area contributed by atoms with Crippen LogP contribution in [0.15, 0.2) is 18.3 Å². The molecule has 1 aliphatic rings.